The van der Waals surface area contributed by atoms with Gasteiger partial charge in [-0.05, 0) is 159 Å². The highest BCUT2D eigenvalue weighted by Crippen LogP contribution is 2.44. The molecule has 13 aromatic rings. The third-order valence-electron chi connectivity index (χ3n) is 16.4. The predicted molar refractivity (Wildman–Crippen MR) is 329 cm³/mol. The number of fused-ring (bicyclic) bond motifs is 7. The van der Waals surface area contributed by atoms with Crippen LogP contribution in [0, 0.1) is 0 Å². The number of benzene rings is 10. The lowest BCUT2D eigenvalue weighted by atomic mass is 9.89. The van der Waals surface area contributed by atoms with Crippen molar-refractivity contribution < 1.29 is 0 Å². The van der Waals surface area contributed by atoms with Gasteiger partial charge in [0.15, 0.2) is 0 Å². The van der Waals surface area contributed by atoms with E-state index in [2.05, 4.69) is 282 Å². The maximum absolute atomic E-state index is 5.63. The quantitative estimate of drug-likeness (QED) is 0.141. The van der Waals surface area contributed by atoms with Crippen molar-refractivity contribution >= 4 is 66.3 Å². The van der Waals surface area contributed by atoms with E-state index in [1.807, 2.05) is 0 Å². The number of rotatable bonds is 9. The Morgan fingerprint density at radius 1 is 0.295 bits per heavy atom. The normalized spacial score (nSPS) is 13.4. The molecule has 3 nitrogen and oxygen atoms in total. The molecule has 3 aromatic heterocycles. The van der Waals surface area contributed by atoms with Gasteiger partial charge in [0.25, 0.3) is 0 Å². The Bertz CT molecular complexity index is 4550. The third-order valence-corrected chi connectivity index (χ3v) is 16.4. The van der Waals surface area contributed by atoms with Crippen molar-refractivity contribution in [2.45, 2.75) is 25.7 Å². The molecule has 0 saturated carbocycles. The van der Waals surface area contributed by atoms with E-state index in [1.54, 1.807) is 0 Å². The van der Waals surface area contributed by atoms with Crippen LogP contribution in [0.25, 0.3) is 122 Å². The van der Waals surface area contributed by atoms with Gasteiger partial charge in [-0.25, -0.2) is 4.98 Å². The van der Waals surface area contributed by atoms with E-state index in [-0.39, 0.29) is 0 Å². The SMILES string of the molecule is C1=C(c2ccccc2)CCC(c2cc(-c3ccc(-c4ccccc4)cc3)nc(-n3c4ccc(-c5ccccc5)cc4c4cc(-c5ccc6c(c5)c5c(n6-c6cccc7ccccc67)CCC(c6ccccc6)=C5)ccc43)c2)=C1. The van der Waals surface area contributed by atoms with Crippen LogP contribution in [0.2, 0.25) is 0 Å². The number of hydrogen-bond acceptors (Lipinski definition) is 1. The molecule has 0 atom stereocenters. The van der Waals surface area contributed by atoms with E-state index in [0.717, 1.165) is 53.8 Å². The molecule has 0 radical (unpaired) electrons. The van der Waals surface area contributed by atoms with E-state index in [9.17, 15) is 0 Å². The standard InChI is InChI=1S/C75H53N3/c1-5-16-50(17-6-1)54-28-30-56(31-29-54)63-48-69(58-34-32-55(33-35-58)51-18-7-2-8-19-51)76-75(49-63)78-73-42-37-60(53-22-11-4-12-23-53)45-67(73)68-47-62(39-43-74(68)78)61-38-41-72-66(46-61)65-44-59(52-20-9-3-10-21-52)36-40-71(65)77(72)70-27-15-25-57-24-13-14-26-64(57)70/h1-28,30,32-35,37-39,41-49H,29,31,36,40H2. The summed E-state index contributed by atoms with van der Waals surface area (Å²) in [5, 5.41) is 6.16. The zero-order valence-electron chi connectivity index (χ0n) is 43.2. The Balaban J connectivity index is 0.919. The van der Waals surface area contributed by atoms with E-state index < -0.39 is 0 Å². The summed E-state index contributed by atoms with van der Waals surface area (Å²) in [4.78, 5) is 5.63. The highest BCUT2D eigenvalue weighted by Gasteiger charge is 2.25. The summed E-state index contributed by atoms with van der Waals surface area (Å²) >= 11 is 0. The minimum absolute atomic E-state index is 0.900. The molecule has 78 heavy (non-hydrogen) atoms. The lowest BCUT2D eigenvalue weighted by Crippen LogP contribution is -2.05. The van der Waals surface area contributed by atoms with Crippen LogP contribution in [-0.4, -0.2) is 14.1 Å². The molecule has 2 aliphatic carbocycles. The molecule has 10 aromatic carbocycles. The molecule has 3 heteroatoms. The van der Waals surface area contributed by atoms with Crippen molar-refractivity contribution in [2.75, 3.05) is 0 Å². The molecule has 15 rings (SSSR count). The van der Waals surface area contributed by atoms with Crippen LogP contribution in [0.3, 0.4) is 0 Å². The summed E-state index contributed by atoms with van der Waals surface area (Å²) in [6, 6.07) is 93.3. The number of aromatic nitrogens is 3. The van der Waals surface area contributed by atoms with Gasteiger partial charge in [0, 0.05) is 38.4 Å². The first-order chi connectivity index (χ1) is 38.6. The Hall–Kier alpha value is -9.83. The summed E-state index contributed by atoms with van der Waals surface area (Å²) in [7, 11) is 0. The summed E-state index contributed by atoms with van der Waals surface area (Å²) in [5.74, 6) is 0.900. The molecule has 0 saturated heterocycles. The van der Waals surface area contributed by atoms with Crippen LogP contribution in [-0.2, 0) is 6.42 Å². The maximum atomic E-state index is 5.63. The monoisotopic (exact) mass is 995 g/mol. The van der Waals surface area contributed by atoms with Crippen LogP contribution < -0.4 is 0 Å². The van der Waals surface area contributed by atoms with Gasteiger partial charge in [0.05, 0.1) is 27.9 Å². The van der Waals surface area contributed by atoms with E-state index in [1.165, 1.54) is 116 Å². The first kappa shape index (κ1) is 45.6. The minimum atomic E-state index is 0.900. The summed E-state index contributed by atoms with van der Waals surface area (Å²) < 4.78 is 4.95. The average molecular weight is 996 g/mol. The van der Waals surface area contributed by atoms with E-state index in [0.29, 0.717) is 0 Å². The van der Waals surface area contributed by atoms with Gasteiger partial charge < -0.3 is 4.57 Å². The fourth-order valence-electron chi connectivity index (χ4n) is 12.5. The van der Waals surface area contributed by atoms with E-state index in [4.69, 9.17) is 4.98 Å². The molecule has 0 bridgehead atoms. The smallest absolute Gasteiger partial charge is 0.138 e. The highest BCUT2D eigenvalue weighted by molar-refractivity contribution is 6.12. The largest absolute Gasteiger partial charge is 0.312 e. The summed E-state index contributed by atoms with van der Waals surface area (Å²) in [6.45, 7) is 0. The predicted octanol–water partition coefficient (Wildman–Crippen LogP) is 19.7. The van der Waals surface area contributed by atoms with Crippen molar-refractivity contribution in [2.24, 2.45) is 0 Å². The lowest BCUT2D eigenvalue weighted by molar-refractivity contribution is 0.901. The molecular weight excluding hydrogens is 943 g/mol. The molecule has 0 unspecified atom stereocenters. The van der Waals surface area contributed by atoms with Crippen LogP contribution in [0.1, 0.15) is 47.2 Å². The second-order valence-corrected chi connectivity index (χ2v) is 20.9. The average Bonchev–Trinajstić information content (AvgIpc) is 4.26. The molecule has 0 aliphatic heterocycles. The molecule has 368 valence electrons. The van der Waals surface area contributed by atoms with Gasteiger partial charge in [-0.3, -0.25) is 4.57 Å². The zero-order valence-corrected chi connectivity index (χ0v) is 43.2. The lowest BCUT2D eigenvalue weighted by Gasteiger charge is -2.18. The Kier molecular flexibility index (Phi) is 11.1. The molecule has 3 heterocycles. The molecule has 0 amide bonds. The Morgan fingerprint density at radius 2 is 0.756 bits per heavy atom. The molecule has 0 spiro atoms. The van der Waals surface area contributed by atoms with Gasteiger partial charge in [-0.15, -0.1) is 0 Å². The Labute approximate surface area is 454 Å². The second kappa shape index (κ2) is 19.1. The van der Waals surface area contributed by atoms with Crippen molar-refractivity contribution in [1.29, 1.82) is 0 Å². The first-order valence-corrected chi connectivity index (χ1v) is 27.3. The zero-order chi connectivity index (χ0) is 51.5. The molecule has 2 aliphatic rings. The molecular formula is C75H53N3. The van der Waals surface area contributed by atoms with Gasteiger partial charge in [-0.1, -0.05) is 212 Å². The molecule has 0 N–H and O–H groups in total. The van der Waals surface area contributed by atoms with Crippen molar-refractivity contribution in [1.82, 2.24) is 14.1 Å². The number of pyridine rings is 1. The first-order valence-electron chi connectivity index (χ1n) is 27.3. The van der Waals surface area contributed by atoms with E-state index >= 15 is 0 Å². The number of nitrogens with zero attached hydrogens (tertiary/aromatic N) is 3. The topological polar surface area (TPSA) is 22.8 Å². The van der Waals surface area contributed by atoms with Gasteiger partial charge >= 0.3 is 0 Å². The van der Waals surface area contributed by atoms with Crippen LogP contribution in [0.15, 0.2) is 267 Å². The maximum Gasteiger partial charge on any atom is 0.138 e. The van der Waals surface area contributed by atoms with Crippen LogP contribution in [0.4, 0.5) is 0 Å². The van der Waals surface area contributed by atoms with Crippen LogP contribution in [0.5, 0.6) is 0 Å². The van der Waals surface area contributed by atoms with Crippen LogP contribution >= 0.6 is 0 Å². The van der Waals surface area contributed by atoms with Gasteiger partial charge in [0.2, 0.25) is 0 Å². The Morgan fingerprint density at radius 3 is 1.38 bits per heavy atom. The molecule has 0 fully saturated rings. The number of allylic oxidation sites excluding steroid dienone is 5. The third kappa shape index (κ3) is 8.02. The van der Waals surface area contributed by atoms with Gasteiger partial charge in [0.1, 0.15) is 5.82 Å². The summed E-state index contributed by atoms with van der Waals surface area (Å²) in [6.07, 6.45) is 11.0. The highest BCUT2D eigenvalue weighted by atomic mass is 15.1. The van der Waals surface area contributed by atoms with Crippen molar-refractivity contribution in [3.63, 3.8) is 0 Å². The van der Waals surface area contributed by atoms with Crippen molar-refractivity contribution in [3.05, 3.63) is 295 Å². The fraction of sp³-hybridized carbons (Fsp3) is 0.0533. The minimum Gasteiger partial charge on any atom is -0.312 e. The summed E-state index contributed by atoms with van der Waals surface area (Å²) in [5.41, 5.74) is 24.4. The number of hydrogen-bond donors (Lipinski definition) is 0. The second-order valence-electron chi connectivity index (χ2n) is 20.9. The van der Waals surface area contributed by atoms with Crippen molar-refractivity contribution in [3.8, 4) is 56.1 Å². The van der Waals surface area contributed by atoms with Gasteiger partial charge in [-0.2, -0.15) is 0 Å². The fourth-order valence-corrected chi connectivity index (χ4v) is 12.5.